The van der Waals surface area contributed by atoms with Crippen LogP contribution in [0.15, 0.2) is 30.3 Å². The van der Waals surface area contributed by atoms with E-state index in [9.17, 15) is 25.5 Å². The Bertz CT molecular complexity index is 637. The maximum atomic E-state index is 9.69. The second kappa shape index (κ2) is 6.26. The summed E-state index contributed by atoms with van der Waals surface area (Å²) in [6, 6.07) is 7.66. The molecule has 0 heterocycles. The highest BCUT2D eigenvalue weighted by Crippen LogP contribution is 2.37. The van der Waals surface area contributed by atoms with Gasteiger partial charge in [-0.1, -0.05) is 12.1 Å². The molecule has 5 heteroatoms. The lowest BCUT2D eigenvalue weighted by atomic mass is 10.0. The molecule has 0 aliphatic heterocycles. The molecule has 2 aromatic carbocycles. The normalized spacial score (nSPS) is 10.7. The van der Waals surface area contributed by atoms with Crippen LogP contribution in [0.25, 0.3) is 0 Å². The van der Waals surface area contributed by atoms with Gasteiger partial charge < -0.3 is 25.5 Å². The fourth-order valence-corrected chi connectivity index (χ4v) is 2.18. The van der Waals surface area contributed by atoms with Gasteiger partial charge in [0.05, 0.1) is 0 Å². The number of aromatic hydroxyl groups is 5. The molecule has 0 saturated heterocycles. The molecule has 0 bridgehead atoms. The second-order valence-corrected chi connectivity index (χ2v) is 4.97. The molecule has 0 amide bonds. The second-order valence-electron chi connectivity index (χ2n) is 4.97. The van der Waals surface area contributed by atoms with Gasteiger partial charge in [0.25, 0.3) is 0 Å². The molecular weight excluding hydrogens is 272 g/mol. The van der Waals surface area contributed by atoms with Crippen molar-refractivity contribution in [3.05, 3.63) is 41.5 Å². The molecule has 0 aliphatic carbocycles. The largest absolute Gasteiger partial charge is 0.504 e. The number of rotatable bonds is 5. The highest BCUT2D eigenvalue weighted by atomic mass is 16.3. The van der Waals surface area contributed by atoms with Crippen LogP contribution in [0.3, 0.4) is 0 Å². The lowest BCUT2D eigenvalue weighted by Crippen LogP contribution is -1.90. The summed E-state index contributed by atoms with van der Waals surface area (Å²) in [7, 11) is 0. The maximum absolute atomic E-state index is 9.69. The Morgan fingerprint density at radius 3 is 2.00 bits per heavy atom. The van der Waals surface area contributed by atoms with Crippen LogP contribution in [0.4, 0.5) is 0 Å². The van der Waals surface area contributed by atoms with Gasteiger partial charge in [-0.05, 0) is 55.0 Å². The lowest BCUT2D eigenvalue weighted by molar-refractivity contribution is 0.364. The van der Waals surface area contributed by atoms with Crippen LogP contribution < -0.4 is 0 Å². The van der Waals surface area contributed by atoms with Gasteiger partial charge in [0.2, 0.25) is 5.75 Å². The molecule has 0 spiro atoms. The van der Waals surface area contributed by atoms with Crippen LogP contribution in [0.5, 0.6) is 28.7 Å². The van der Waals surface area contributed by atoms with Gasteiger partial charge in [-0.25, -0.2) is 0 Å². The molecule has 0 fully saturated rings. The van der Waals surface area contributed by atoms with E-state index < -0.39 is 5.75 Å². The molecule has 0 saturated carbocycles. The van der Waals surface area contributed by atoms with Crippen LogP contribution in [-0.4, -0.2) is 25.5 Å². The van der Waals surface area contributed by atoms with Crippen molar-refractivity contribution in [1.82, 2.24) is 0 Å². The van der Waals surface area contributed by atoms with E-state index >= 15 is 0 Å². The fourth-order valence-electron chi connectivity index (χ4n) is 2.18. The van der Waals surface area contributed by atoms with Gasteiger partial charge in [-0.15, -0.1) is 0 Å². The molecule has 0 atom stereocenters. The van der Waals surface area contributed by atoms with Crippen LogP contribution in [0.2, 0.25) is 0 Å². The summed E-state index contributed by atoms with van der Waals surface area (Å²) >= 11 is 0. The van der Waals surface area contributed by atoms with Crippen LogP contribution in [0, 0.1) is 0 Å². The first kappa shape index (κ1) is 14.8. The van der Waals surface area contributed by atoms with Gasteiger partial charge in [0, 0.05) is 0 Å². The first-order chi connectivity index (χ1) is 9.99. The highest BCUT2D eigenvalue weighted by molar-refractivity contribution is 5.53. The summed E-state index contributed by atoms with van der Waals surface area (Å²) in [5.74, 6) is -1.37. The van der Waals surface area contributed by atoms with Gasteiger partial charge in [0.15, 0.2) is 23.0 Å². The number of phenolic OH excluding ortho intramolecular Hbond substituents is 5. The Hall–Kier alpha value is -2.56. The molecule has 0 aliphatic rings. The number of phenols is 5. The van der Waals surface area contributed by atoms with Crippen molar-refractivity contribution in [3.63, 3.8) is 0 Å². The lowest BCUT2D eigenvalue weighted by Gasteiger charge is -2.08. The smallest absolute Gasteiger partial charge is 0.200 e. The zero-order chi connectivity index (χ0) is 15.4. The van der Waals surface area contributed by atoms with Crippen molar-refractivity contribution in [1.29, 1.82) is 0 Å². The van der Waals surface area contributed by atoms with Crippen LogP contribution in [0.1, 0.15) is 24.0 Å². The zero-order valence-electron chi connectivity index (χ0n) is 11.5. The molecule has 2 aromatic rings. The minimum atomic E-state index is -0.490. The Labute approximate surface area is 122 Å². The number of hydrogen-bond acceptors (Lipinski definition) is 5. The average molecular weight is 290 g/mol. The Balaban J connectivity index is 1.87. The molecule has 0 aromatic heterocycles. The number of hydrogen-bond donors (Lipinski definition) is 5. The number of aryl methyl sites for hydroxylation is 2. The first-order valence-electron chi connectivity index (χ1n) is 6.72. The van der Waals surface area contributed by atoms with Crippen molar-refractivity contribution >= 4 is 0 Å². The molecular formula is C16H18O5. The highest BCUT2D eigenvalue weighted by Gasteiger charge is 2.10. The molecule has 0 radical (unpaired) electrons. The van der Waals surface area contributed by atoms with Crippen LogP contribution >= 0.6 is 0 Å². The molecule has 21 heavy (non-hydrogen) atoms. The summed E-state index contributed by atoms with van der Waals surface area (Å²) in [6.45, 7) is 0. The average Bonchev–Trinajstić information content (AvgIpc) is 2.47. The minimum Gasteiger partial charge on any atom is -0.504 e. The SMILES string of the molecule is Oc1ccc(CCCCc2ccc(O)c(O)c2O)cc1O. The van der Waals surface area contributed by atoms with E-state index in [1.807, 2.05) is 0 Å². The van der Waals surface area contributed by atoms with Crippen molar-refractivity contribution in [3.8, 4) is 28.7 Å². The van der Waals surface area contributed by atoms with E-state index in [4.69, 9.17) is 0 Å². The standard InChI is InChI=1S/C16H18O5/c17-12-7-5-10(9-14(12)19)3-1-2-4-11-6-8-13(18)16(21)15(11)20/h5-9,17-21H,1-4H2. The fraction of sp³-hybridized carbons (Fsp3) is 0.250. The molecule has 5 N–H and O–H groups in total. The van der Waals surface area contributed by atoms with Crippen LogP contribution in [-0.2, 0) is 12.8 Å². The Kier molecular flexibility index (Phi) is 4.42. The third-order valence-corrected chi connectivity index (χ3v) is 3.41. The third kappa shape index (κ3) is 3.51. The molecule has 0 unspecified atom stereocenters. The monoisotopic (exact) mass is 290 g/mol. The van der Waals surface area contributed by atoms with E-state index in [0.717, 1.165) is 24.8 Å². The summed E-state index contributed by atoms with van der Waals surface area (Å²) in [6.07, 6.45) is 2.91. The van der Waals surface area contributed by atoms with E-state index in [2.05, 4.69) is 0 Å². The van der Waals surface area contributed by atoms with Gasteiger partial charge >= 0.3 is 0 Å². The zero-order valence-corrected chi connectivity index (χ0v) is 11.5. The Morgan fingerprint density at radius 1 is 0.619 bits per heavy atom. The molecule has 112 valence electrons. The number of unbranched alkanes of at least 4 members (excludes halogenated alkanes) is 1. The van der Waals surface area contributed by atoms with Crippen molar-refractivity contribution in [2.75, 3.05) is 0 Å². The molecule has 5 nitrogen and oxygen atoms in total. The van der Waals surface area contributed by atoms with Gasteiger partial charge in [-0.3, -0.25) is 0 Å². The van der Waals surface area contributed by atoms with Crippen molar-refractivity contribution in [2.24, 2.45) is 0 Å². The quantitative estimate of drug-likeness (QED) is 0.430. The van der Waals surface area contributed by atoms with Crippen molar-refractivity contribution < 1.29 is 25.5 Å². The predicted octanol–water partition coefficient (Wildman–Crippen LogP) is 2.78. The summed E-state index contributed by atoms with van der Waals surface area (Å²) in [5, 5.41) is 47.0. The third-order valence-electron chi connectivity index (χ3n) is 3.41. The predicted molar refractivity (Wildman–Crippen MR) is 77.9 cm³/mol. The summed E-state index contributed by atoms with van der Waals surface area (Å²) in [4.78, 5) is 0. The van der Waals surface area contributed by atoms with E-state index in [0.29, 0.717) is 12.0 Å². The molecule has 2 rings (SSSR count). The van der Waals surface area contributed by atoms with E-state index in [1.54, 1.807) is 12.1 Å². The number of benzene rings is 2. The minimum absolute atomic E-state index is 0.131. The first-order valence-corrected chi connectivity index (χ1v) is 6.72. The van der Waals surface area contributed by atoms with Gasteiger partial charge in [0.1, 0.15) is 0 Å². The topological polar surface area (TPSA) is 101 Å². The maximum Gasteiger partial charge on any atom is 0.200 e. The van der Waals surface area contributed by atoms with E-state index in [1.165, 1.54) is 18.2 Å². The summed E-state index contributed by atoms with van der Waals surface area (Å²) < 4.78 is 0. The van der Waals surface area contributed by atoms with Gasteiger partial charge in [-0.2, -0.15) is 0 Å². The summed E-state index contributed by atoms with van der Waals surface area (Å²) in [5.41, 5.74) is 1.50. The van der Waals surface area contributed by atoms with Crippen molar-refractivity contribution in [2.45, 2.75) is 25.7 Å². The van der Waals surface area contributed by atoms with E-state index in [-0.39, 0.29) is 23.0 Å². The Morgan fingerprint density at radius 2 is 1.29 bits per heavy atom.